The zero-order valence-electron chi connectivity index (χ0n) is 23.0. The number of nitrogens with zero attached hydrogens (tertiary/aromatic N) is 1. The highest BCUT2D eigenvalue weighted by atomic mass is 16.5. The zero-order chi connectivity index (χ0) is 25.9. The van der Waals surface area contributed by atoms with Gasteiger partial charge in [0, 0.05) is 41.5 Å². The molecule has 1 fully saturated rings. The Morgan fingerprint density at radius 3 is 2.20 bits per heavy atom. The van der Waals surface area contributed by atoms with Gasteiger partial charge in [-0.05, 0) is 55.6 Å². The van der Waals surface area contributed by atoms with Crippen molar-refractivity contribution in [1.82, 2.24) is 4.90 Å². The van der Waals surface area contributed by atoms with Crippen molar-refractivity contribution in [1.29, 1.82) is 0 Å². The van der Waals surface area contributed by atoms with Crippen LogP contribution in [0.1, 0.15) is 90.8 Å². The van der Waals surface area contributed by atoms with Crippen LogP contribution in [0.2, 0.25) is 0 Å². The summed E-state index contributed by atoms with van der Waals surface area (Å²) in [5.74, 6) is 7.86. The number of ketones is 1. The van der Waals surface area contributed by atoms with Crippen LogP contribution in [0, 0.1) is 17.3 Å². The van der Waals surface area contributed by atoms with Gasteiger partial charge in [0.05, 0.1) is 6.61 Å². The summed E-state index contributed by atoms with van der Waals surface area (Å²) in [6.45, 7) is 18.1. The first-order valence-corrected chi connectivity index (χ1v) is 13.4. The van der Waals surface area contributed by atoms with Crippen molar-refractivity contribution in [3.05, 3.63) is 65.2 Å². The quantitative estimate of drug-likeness (QED) is 0.436. The number of likely N-dealkylation sites (tertiary alicyclic amines) is 1. The number of hydrogen-bond acceptors (Lipinski definition) is 3. The summed E-state index contributed by atoms with van der Waals surface area (Å²) in [5.41, 5.74) is 3.55. The molecule has 0 atom stereocenters. The van der Waals surface area contributed by atoms with Gasteiger partial charge in [-0.3, -0.25) is 4.79 Å². The van der Waals surface area contributed by atoms with E-state index in [0.717, 1.165) is 56.0 Å². The van der Waals surface area contributed by atoms with Crippen LogP contribution in [0.5, 0.6) is 5.75 Å². The van der Waals surface area contributed by atoms with E-state index >= 15 is 0 Å². The fraction of sp³-hybridized carbons (Fsp3) is 0.531. The Kier molecular flexibility index (Phi) is 11.1. The van der Waals surface area contributed by atoms with Crippen LogP contribution in [0.3, 0.4) is 0 Å². The molecule has 3 heteroatoms. The van der Waals surface area contributed by atoms with E-state index in [-0.39, 0.29) is 10.8 Å². The first kappa shape index (κ1) is 28.7. The minimum absolute atomic E-state index is 0.0816. The summed E-state index contributed by atoms with van der Waals surface area (Å²) in [4.78, 5) is 14.7. The molecule has 0 bridgehead atoms. The molecular formula is C32H45NO2. The number of carbonyl (C=O) groups excluding carboxylic acids is 1. The van der Waals surface area contributed by atoms with E-state index in [0.29, 0.717) is 18.6 Å². The maximum absolute atomic E-state index is 12.2. The number of carbonyl (C=O) groups is 1. The monoisotopic (exact) mass is 475 g/mol. The highest BCUT2D eigenvalue weighted by Crippen LogP contribution is 2.45. The molecule has 0 saturated carbocycles. The maximum atomic E-state index is 12.2. The van der Waals surface area contributed by atoms with Gasteiger partial charge in [-0.25, -0.2) is 0 Å². The molecule has 0 amide bonds. The molecule has 2 aliphatic heterocycles. The summed E-state index contributed by atoms with van der Waals surface area (Å²) in [6, 6.07) is 16.5. The Hall–Kier alpha value is -2.57. The molecule has 35 heavy (non-hydrogen) atoms. The van der Waals surface area contributed by atoms with E-state index in [1.54, 1.807) is 0 Å². The lowest BCUT2D eigenvalue weighted by Gasteiger charge is -2.38. The third-order valence-electron chi connectivity index (χ3n) is 6.43. The lowest BCUT2D eigenvalue weighted by molar-refractivity contribution is -0.121. The number of Topliss-reactive ketones (excluding diaryl/α,β-unsaturated/α-hetero) is 1. The molecule has 4 rings (SSSR count). The van der Waals surface area contributed by atoms with Gasteiger partial charge < -0.3 is 9.64 Å². The number of fused-ring (bicyclic) bond motifs is 2. The van der Waals surface area contributed by atoms with Crippen molar-refractivity contribution >= 4 is 5.78 Å². The van der Waals surface area contributed by atoms with Crippen molar-refractivity contribution < 1.29 is 9.53 Å². The van der Waals surface area contributed by atoms with Crippen molar-refractivity contribution in [2.45, 2.75) is 79.6 Å². The molecule has 1 saturated heterocycles. The Bertz CT molecular complexity index is 984. The predicted octanol–water partition coefficient (Wildman–Crippen LogP) is 7.26. The second kappa shape index (κ2) is 13.5. The summed E-state index contributed by atoms with van der Waals surface area (Å²) in [6.07, 6.45) is 3.51. The minimum Gasteiger partial charge on any atom is -0.492 e. The summed E-state index contributed by atoms with van der Waals surface area (Å²) >= 11 is 0. The average Bonchev–Trinajstić information content (AvgIpc) is 3.22. The van der Waals surface area contributed by atoms with E-state index in [1.165, 1.54) is 5.56 Å². The smallest absolute Gasteiger partial charge is 0.134 e. The van der Waals surface area contributed by atoms with Gasteiger partial charge in [-0.1, -0.05) is 84.6 Å². The maximum Gasteiger partial charge on any atom is 0.134 e. The summed E-state index contributed by atoms with van der Waals surface area (Å²) in [7, 11) is 0. The van der Waals surface area contributed by atoms with Crippen LogP contribution in [0.15, 0.2) is 48.5 Å². The van der Waals surface area contributed by atoms with Gasteiger partial charge in [0.2, 0.25) is 0 Å². The van der Waals surface area contributed by atoms with E-state index in [4.69, 9.17) is 4.74 Å². The molecule has 1 spiro atoms. The molecule has 3 nitrogen and oxygen atoms in total. The van der Waals surface area contributed by atoms with Crippen molar-refractivity contribution in [3.63, 3.8) is 0 Å². The SMILES string of the molecule is CC.CC.CC(C)(C)CC(=O)CCN1CCC2(CC1)COc1cc(C#Cc3ccccc3)ccc12. The fourth-order valence-corrected chi connectivity index (χ4v) is 4.70. The molecule has 0 unspecified atom stereocenters. The van der Waals surface area contributed by atoms with Crippen LogP contribution >= 0.6 is 0 Å². The van der Waals surface area contributed by atoms with Crippen LogP contribution in [0.4, 0.5) is 0 Å². The predicted molar refractivity (Wildman–Crippen MR) is 148 cm³/mol. The Balaban J connectivity index is 0.00000103. The number of benzene rings is 2. The van der Waals surface area contributed by atoms with E-state index in [9.17, 15) is 4.79 Å². The largest absolute Gasteiger partial charge is 0.492 e. The van der Waals surface area contributed by atoms with Crippen LogP contribution in [0.25, 0.3) is 0 Å². The molecule has 2 aliphatic rings. The second-order valence-corrected chi connectivity index (χ2v) is 10.3. The highest BCUT2D eigenvalue weighted by molar-refractivity contribution is 5.79. The molecule has 2 heterocycles. The summed E-state index contributed by atoms with van der Waals surface area (Å²) < 4.78 is 6.13. The van der Waals surface area contributed by atoms with Gasteiger partial charge in [0.1, 0.15) is 11.5 Å². The first-order valence-electron chi connectivity index (χ1n) is 13.4. The first-order chi connectivity index (χ1) is 16.8. The lowest BCUT2D eigenvalue weighted by atomic mass is 9.74. The number of ether oxygens (including phenoxy) is 1. The molecule has 0 aliphatic carbocycles. The molecule has 2 aromatic rings. The molecule has 0 N–H and O–H groups in total. The van der Waals surface area contributed by atoms with Crippen LogP contribution < -0.4 is 4.74 Å². The normalized spacial score (nSPS) is 15.9. The van der Waals surface area contributed by atoms with Gasteiger partial charge in [0.15, 0.2) is 0 Å². The molecule has 0 radical (unpaired) electrons. The van der Waals surface area contributed by atoms with Gasteiger partial charge >= 0.3 is 0 Å². The molecule has 0 aromatic heterocycles. The Labute approximate surface area is 214 Å². The molecule has 190 valence electrons. The van der Waals surface area contributed by atoms with Gasteiger partial charge in [0.25, 0.3) is 0 Å². The van der Waals surface area contributed by atoms with Crippen LogP contribution in [-0.2, 0) is 10.2 Å². The van der Waals surface area contributed by atoms with Gasteiger partial charge in [-0.15, -0.1) is 0 Å². The number of rotatable bonds is 4. The molecular weight excluding hydrogens is 430 g/mol. The third kappa shape index (κ3) is 8.25. The van der Waals surface area contributed by atoms with E-state index in [2.05, 4.69) is 55.7 Å². The van der Waals surface area contributed by atoms with Crippen LogP contribution in [-0.4, -0.2) is 36.9 Å². The highest BCUT2D eigenvalue weighted by Gasteiger charge is 2.43. The Morgan fingerprint density at radius 1 is 0.943 bits per heavy atom. The summed E-state index contributed by atoms with van der Waals surface area (Å²) in [5, 5.41) is 0. The second-order valence-electron chi connectivity index (χ2n) is 10.3. The minimum atomic E-state index is 0.0816. The Morgan fingerprint density at radius 2 is 1.57 bits per heavy atom. The average molecular weight is 476 g/mol. The van der Waals surface area contributed by atoms with Crippen molar-refractivity contribution in [3.8, 4) is 17.6 Å². The zero-order valence-corrected chi connectivity index (χ0v) is 23.0. The standard InChI is InChI=1S/C28H33NO2.2C2H6/c1-27(2,3)20-24(30)13-16-29-17-14-28(15-18-29)21-31-26-19-23(11-12-25(26)28)10-9-22-7-5-4-6-8-22;2*1-2/h4-8,11-12,19H,13-18,20-21H2,1-3H3;2*1-2H3. The third-order valence-corrected chi connectivity index (χ3v) is 6.43. The van der Waals surface area contributed by atoms with Crippen molar-refractivity contribution in [2.75, 3.05) is 26.2 Å². The molecule has 2 aromatic carbocycles. The van der Waals surface area contributed by atoms with E-state index in [1.807, 2.05) is 58.0 Å². The van der Waals surface area contributed by atoms with Crippen molar-refractivity contribution in [2.24, 2.45) is 5.41 Å². The van der Waals surface area contributed by atoms with E-state index < -0.39 is 0 Å². The lowest BCUT2D eigenvalue weighted by Crippen LogP contribution is -2.44. The fourth-order valence-electron chi connectivity index (χ4n) is 4.70. The number of piperidine rings is 1. The number of hydrogen-bond donors (Lipinski definition) is 0. The van der Waals surface area contributed by atoms with Gasteiger partial charge in [-0.2, -0.15) is 0 Å². The topological polar surface area (TPSA) is 29.5 Å².